The highest BCUT2D eigenvalue weighted by Crippen LogP contribution is 2.22. The molecule has 0 radical (unpaired) electrons. The van der Waals surface area contributed by atoms with Crippen LogP contribution in [-0.4, -0.2) is 16.1 Å². The van der Waals surface area contributed by atoms with E-state index in [1.165, 1.54) is 6.07 Å². The quantitative estimate of drug-likeness (QED) is 0.924. The highest BCUT2D eigenvalue weighted by Gasteiger charge is 2.16. The molecule has 5 heteroatoms. The van der Waals surface area contributed by atoms with Gasteiger partial charge in [-0.25, -0.2) is 14.2 Å². The lowest BCUT2D eigenvalue weighted by atomic mass is 10.1. The third-order valence-corrected chi connectivity index (χ3v) is 3.66. The summed E-state index contributed by atoms with van der Waals surface area (Å²) in [7, 11) is 0. The van der Waals surface area contributed by atoms with Crippen LogP contribution in [0.15, 0.2) is 24.3 Å². The van der Waals surface area contributed by atoms with Crippen molar-refractivity contribution in [1.29, 1.82) is 0 Å². The molecule has 0 saturated heterocycles. The second-order valence-corrected chi connectivity index (χ2v) is 4.89. The molecule has 1 aromatic heterocycles. The van der Waals surface area contributed by atoms with Gasteiger partial charge >= 0.3 is 5.97 Å². The predicted octanol–water partition coefficient (Wildman–Crippen LogP) is 3.13. The van der Waals surface area contributed by atoms with E-state index in [0.29, 0.717) is 29.1 Å². The Morgan fingerprint density at radius 3 is 2.72 bits per heavy atom. The summed E-state index contributed by atoms with van der Waals surface area (Å²) in [6.07, 6.45) is 0.896. The zero-order valence-electron chi connectivity index (χ0n) is 9.81. The van der Waals surface area contributed by atoms with Gasteiger partial charge in [0.2, 0.25) is 0 Å². The monoisotopic (exact) mass is 265 g/mol. The van der Waals surface area contributed by atoms with E-state index >= 15 is 0 Å². The Balaban J connectivity index is 2.30. The molecule has 0 aliphatic rings. The van der Waals surface area contributed by atoms with Crippen molar-refractivity contribution >= 4 is 17.3 Å². The van der Waals surface area contributed by atoms with E-state index in [1.807, 2.05) is 6.92 Å². The molecule has 0 bridgehead atoms. The molecule has 3 nitrogen and oxygen atoms in total. The summed E-state index contributed by atoms with van der Waals surface area (Å²) in [5.41, 5.74) is 1.10. The SMILES string of the molecule is CCc1nc(Cc2ccccc2F)sc1C(=O)O. The fourth-order valence-electron chi connectivity index (χ4n) is 1.69. The number of hydrogen-bond donors (Lipinski definition) is 1. The number of thiazole rings is 1. The molecule has 0 aliphatic carbocycles. The molecule has 1 aromatic carbocycles. The second kappa shape index (κ2) is 5.27. The van der Waals surface area contributed by atoms with E-state index in [2.05, 4.69) is 4.98 Å². The molecule has 0 amide bonds. The standard InChI is InChI=1S/C13H12FNO2S/c1-2-10-12(13(16)17)18-11(15-10)7-8-5-3-4-6-9(8)14/h3-6H,2,7H2,1H3,(H,16,17). The Kier molecular flexibility index (Phi) is 3.72. The van der Waals surface area contributed by atoms with Gasteiger partial charge in [-0.05, 0) is 18.1 Å². The van der Waals surface area contributed by atoms with Crippen molar-refractivity contribution < 1.29 is 14.3 Å². The van der Waals surface area contributed by atoms with Crippen LogP contribution in [0.2, 0.25) is 0 Å². The summed E-state index contributed by atoms with van der Waals surface area (Å²) in [6.45, 7) is 1.86. The van der Waals surface area contributed by atoms with E-state index in [0.717, 1.165) is 11.3 Å². The summed E-state index contributed by atoms with van der Waals surface area (Å²) >= 11 is 1.12. The number of rotatable bonds is 4. The fraction of sp³-hybridized carbons (Fsp3) is 0.231. The summed E-state index contributed by atoms with van der Waals surface area (Å²) in [6, 6.07) is 6.45. The van der Waals surface area contributed by atoms with Crippen LogP contribution in [0, 0.1) is 5.82 Å². The van der Waals surface area contributed by atoms with Crippen LogP contribution in [0.25, 0.3) is 0 Å². The van der Waals surface area contributed by atoms with Crippen molar-refractivity contribution in [3.05, 3.63) is 51.2 Å². The lowest BCUT2D eigenvalue weighted by Gasteiger charge is -1.98. The van der Waals surface area contributed by atoms with Gasteiger partial charge < -0.3 is 5.11 Å². The first-order valence-corrected chi connectivity index (χ1v) is 6.38. The van der Waals surface area contributed by atoms with E-state index in [4.69, 9.17) is 5.11 Å². The Morgan fingerprint density at radius 2 is 2.17 bits per heavy atom. The Morgan fingerprint density at radius 1 is 1.44 bits per heavy atom. The van der Waals surface area contributed by atoms with Gasteiger partial charge in [-0.2, -0.15) is 0 Å². The van der Waals surface area contributed by atoms with Crippen molar-refractivity contribution in [2.45, 2.75) is 19.8 Å². The lowest BCUT2D eigenvalue weighted by molar-refractivity contribution is 0.0701. The summed E-state index contributed by atoms with van der Waals surface area (Å²) in [4.78, 5) is 15.5. The van der Waals surface area contributed by atoms with Gasteiger partial charge in [0.1, 0.15) is 10.7 Å². The summed E-state index contributed by atoms with van der Waals surface area (Å²) < 4.78 is 13.5. The minimum Gasteiger partial charge on any atom is -0.477 e. The number of aromatic carboxylic acids is 1. The molecular weight excluding hydrogens is 253 g/mol. The number of carboxylic acid groups (broad SMARTS) is 1. The minimum atomic E-state index is -0.968. The first kappa shape index (κ1) is 12.7. The van der Waals surface area contributed by atoms with Crippen LogP contribution in [0.5, 0.6) is 0 Å². The van der Waals surface area contributed by atoms with Gasteiger partial charge in [0, 0.05) is 6.42 Å². The van der Waals surface area contributed by atoms with Crippen LogP contribution in [-0.2, 0) is 12.8 Å². The van der Waals surface area contributed by atoms with Crippen LogP contribution in [0.3, 0.4) is 0 Å². The van der Waals surface area contributed by atoms with E-state index in [1.54, 1.807) is 18.2 Å². The molecule has 0 spiro atoms. The molecule has 2 aromatic rings. The third-order valence-electron chi connectivity index (χ3n) is 2.57. The van der Waals surface area contributed by atoms with Crippen molar-refractivity contribution in [2.24, 2.45) is 0 Å². The number of aryl methyl sites for hydroxylation is 1. The molecule has 0 fully saturated rings. The molecule has 0 saturated carbocycles. The molecule has 0 atom stereocenters. The van der Waals surface area contributed by atoms with Gasteiger partial charge in [0.15, 0.2) is 0 Å². The highest BCUT2D eigenvalue weighted by atomic mass is 32.1. The zero-order chi connectivity index (χ0) is 13.1. The molecule has 1 heterocycles. The second-order valence-electron chi connectivity index (χ2n) is 3.81. The first-order chi connectivity index (χ1) is 8.61. The molecule has 0 unspecified atom stereocenters. The highest BCUT2D eigenvalue weighted by molar-refractivity contribution is 7.13. The number of carboxylic acids is 1. The molecule has 94 valence electrons. The number of hydrogen-bond acceptors (Lipinski definition) is 3. The van der Waals surface area contributed by atoms with Crippen molar-refractivity contribution in [3.63, 3.8) is 0 Å². The first-order valence-electron chi connectivity index (χ1n) is 5.57. The number of halogens is 1. The maximum Gasteiger partial charge on any atom is 0.347 e. The Hall–Kier alpha value is -1.75. The fourth-order valence-corrected chi connectivity index (χ4v) is 2.70. The Bertz CT molecular complexity index is 580. The van der Waals surface area contributed by atoms with Crippen LogP contribution < -0.4 is 0 Å². The maximum absolute atomic E-state index is 13.5. The average Bonchev–Trinajstić information content (AvgIpc) is 2.75. The normalized spacial score (nSPS) is 10.6. The van der Waals surface area contributed by atoms with Crippen molar-refractivity contribution in [2.75, 3.05) is 0 Å². The summed E-state index contributed by atoms with van der Waals surface area (Å²) in [5.74, 6) is -1.26. The van der Waals surface area contributed by atoms with Crippen LogP contribution >= 0.6 is 11.3 Å². The number of aromatic nitrogens is 1. The van der Waals surface area contributed by atoms with E-state index in [-0.39, 0.29) is 10.7 Å². The molecular formula is C13H12FNO2S. The van der Waals surface area contributed by atoms with Crippen molar-refractivity contribution in [3.8, 4) is 0 Å². The van der Waals surface area contributed by atoms with E-state index in [9.17, 15) is 9.18 Å². The van der Waals surface area contributed by atoms with Gasteiger partial charge in [0.25, 0.3) is 0 Å². The smallest absolute Gasteiger partial charge is 0.347 e. The maximum atomic E-state index is 13.5. The molecule has 1 N–H and O–H groups in total. The average molecular weight is 265 g/mol. The molecule has 0 aliphatic heterocycles. The van der Waals surface area contributed by atoms with Crippen LogP contribution in [0.4, 0.5) is 4.39 Å². The molecule has 18 heavy (non-hydrogen) atoms. The predicted molar refractivity (Wildman–Crippen MR) is 67.7 cm³/mol. The number of carbonyl (C=O) groups is 1. The van der Waals surface area contributed by atoms with Crippen molar-refractivity contribution in [1.82, 2.24) is 4.98 Å². The topological polar surface area (TPSA) is 50.2 Å². The van der Waals surface area contributed by atoms with Crippen LogP contribution in [0.1, 0.15) is 32.9 Å². The van der Waals surface area contributed by atoms with Gasteiger partial charge in [-0.1, -0.05) is 25.1 Å². The Labute approximate surface area is 108 Å². The summed E-state index contributed by atoms with van der Waals surface area (Å²) in [5, 5.41) is 9.66. The lowest BCUT2D eigenvalue weighted by Crippen LogP contribution is -1.97. The largest absolute Gasteiger partial charge is 0.477 e. The van der Waals surface area contributed by atoms with Gasteiger partial charge in [-0.3, -0.25) is 0 Å². The zero-order valence-corrected chi connectivity index (χ0v) is 10.6. The number of benzene rings is 1. The third kappa shape index (κ3) is 2.56. The minimum absolute atomic E-state index is 0.254. The van der Waals surface area contributed by atoms with Gasteiger partial charge in [0.05, 0.1) is 10.7 Å². The molecule has 2 rings (SSSR count). The van der Waals surface area contributed by atoms with Gasteiger partial charge in [-0.15, -0.1) is 11.3 Å². The number of nitrogens with zero attached hydrogens (tertiary/aromatic N) is 1. The van der Waals surface area contributed by atoms with E-state index < -0.39 is 5.97 Å².